The maximum absolute atomic E-state index is 5.80. The molecule has 0 spiro atoms. The van der Waals surface area contributed by atoms with E-state index in [1.165, 1.54) is 17.9 Å². The Kier molecular flexibility index (Phi) is 4.95. The molecule has 0 aliphatic carbocycles. The quantitative estimate of drug-likeness (QED) is 0.843. The molecule has 0 saturated carbocycles. The summed E-state index contributed by atoms with van der Waals surface area (Å²) in [6.45, 7) is 4.85. The van der Waals surface area contributed by atoms with Crippen molar-refractivity contribution in [1.82, 2.24) is 10.2 Å². The molecular formula is C13H22N2OS. The second-order valence-electron chi connectivity index (χ2n) is 4.58. The molecule has 96 valence electrons. The number of nitrogens with one attached hydrogen (secondary N) is 1. The number of furan rings is 1. The number of hydrogen-bond donors (Lipinski definition) is 1. The summed E-state index contributed by atoms with van der Waals surface area (Å²) in [4.78, 5) is 2.41. The Morgan fingerprint density at radius 3 is 3.00 bits per heavy atom. The molecular weight excluding hydrogens is 232 g/mol. The fraction of sp³-hybridized carbons (Fsp3) is 0.692. The van der Waals surface area contributed by atoms with E-state index in [0.717, 1.165) is 37.2 Å². The predicted octanol–water partition coefficient (Wildman–Crippen LogP) is 2.33. The van der Waals surface area contributed by atoms with Crippen LogP contribution in [0.1, 0.15) is 24.9 Å². The maximum Gasteiger partial charge on any atom is 0.118 e. The van der Waals surface area contributed by atoms with Gasteiger partial charge in [0.15, 0.2) is 0 Å². The Balaban J connectivity index is 1.83. The molecule has 3 nitrogen and oxygen atoms in total. The smallest absolute Gasteiger partial charge is 0.118 e. The van der Waals surface area contributed by atoms with Crippen molar-refractivity contribution in [3.05, 3.63) is 23.7 Å². The highest BCUT2D eigenvalue weighted by molar-refractivity contribution is 7.99. The number of nitrogens with zero attached hydrogens (tertiary/aromatic N) is 1. The molecule has 1 fully saturated rings. The molecule has 1 N–H and O–H groups in total. The van der Waals surface area contributed by atoms with Gasteiger partial charge in [-0.05, 0) is 37.9 Å². The standard InChI is InChI=1S/C13H22N2OS/c1-3-14-8-12-4-5-13(16-12)9-15(2)11-6-7-17-10-11/h4-5,11,14H,3,6-10H2,1-2H3. The molecule has 1 aromatic rings. The largest absolute Gasteiger partial charge is 0.463 e. The van der Waals surface area contributed by atoms with E-state index in [1.807, 2.05) is 0 Å². The average molecular weight is 254 g/mol. The van der Waals surface area contributed by atoms with Gasteiger partial charge in [0.25, 0.3) is 0 Å². The van der Waals surface area contributed by atoms with E-state index in [2.05, 4.69) is 48.1 Å². The third kappa shape index (κ3) is 3.76. The highest BCUT2D eigenvalue weighted by atomic mass is 32.2. The van der Waals surface area contributed by atoms with Crippen LogP contribution in [0.25, 0.3) is 0 Å². The summed E-state index contributed by atoms with van der Waals surface area (Å²) in [5.74, 6) is 4.69. The number of thioether (sulfide) groups is 1. The maximum atomic E-state index is 5.80. The zero-order valence-electron chi connectivity index (χ0n) is 10.7. The van der Waals surface area contributed by atoms with Crippen LogP contribution in [0, 0.1) is 0 Å². The molecule has 0 aromatic carbocycles. The van der Waals surface area contributed by atoms with Crippen molar-refractivity contribution in [3.8, 4) is 0 Å². The summed E-state index contributed by atoms with van der Waals surface area (Å²) in [6, 6.07) is 4.91. The lowest BCUT2D eigenvalue weighted by Crippen LogP contribution is -2.30. The molecule has 0 bridgehead atoms. The molecule has 17 heavy (non-hydrogen) atoms. The van der Waals surface area contributed by atoms with Crippen LogP contribution in [0.15, 0.2) is 16.5 Å². The molecule has 2 heterocycles. The van der Waals surface area contributed by atoms with Crippen LogP contribution < -0.4 is 5.32 Å². The van der Waals surface area contributed by atoms with Gasteiger partial charge in [0, 0.05) is 11.8 Å². The molecule has 1 aliphatic rings. The van der Waals surface area contributed by atoms with Gasteiger partial charge in [-0.3, -0.25) is 4.90 Å². The van der Waals surface area contributed by atoms with Crippen molar-refractivity contribution in [2.45, 2.75) is 32.5 Å². The zero-order valence-corrected chi connectivity index (χ0v) is 11.6. The van der Waals surface area contributed by atoms with E-state index in [1.54, 1.807) is 0 Å². The summed E-state index contributed by atoms with van der Waals surface area (Å²) < 4.78 is 5.80. The van der Waals surface area contributed by atoms with E-state index >= 15 is 0 Å². The lowest BCUT2D eigenvalue weighted by molar-refractivity contribution is 0.231. The SMILES string of the molecule is CCNCc1ccc(CN(C)C2CCSC2)o1. The summed E-state index contributed by atoms with van der Waals surface area (Å²) >= 11 is 2.06. The fourth-order valence-electron chi connectivity index (χ4n) is 2.10. The minimum absolute atomic E-state index is 0.724. The summed E-state index contributed by atoms with van der Waals surface area (Å²) in [6.07, 6.45) is 1.31. The van der Waals surface area contributed by atoms with Gasteiger partial charge in [-0.1, -0.05) is 6.92 Å². The highest BCUT2D eigenvalue weighted by Crippen LogP contribution is 2.23. The Morgan fingerprint density at radius 1 is 1.47 bits per heavy atom. The second kappa shape index (κ2) is 6.47. The third-order valence-corrected chi connectivity index (χ3v) is 4.35. The van der Waals surface area contributed by atoms with Gasteiger partial charge in [0.2, 0.25) is 0 Å². The van der Waals surface area contributed by atoms with E-state index in [-0.39, 0.29) is 0 Å². The van der Waals surface area contributed by atoms with Crippen LogP contribution in [0.2, 0.25) is 0 Å². The van der Waals surface area contributed by atoms with Crippen molar-refractivity contribution >= 4 is 11.8 Å². The lowest BCUT2D eigenvalue weighted by Gasteiger charge is -2.21. The summed E-state index contributed by atoms with van der Waals surface area (Å²) in [7, 11) is 2.20. The number of rotatable bonds is 6. The van der Waals surface area contributed by atoms with Crippen LogP contribution in [-0.4, -0.2) is 36.0 Å². The van der Waals surface area contributed by atoms with E-state index in [4.69, 9.17) is 4.42 Å². The minimum atomic E-state index is 0.724. The predicted molar refractivity (Wildman–Crippen MR) is 73.3 cm³/mol. The van der Waals surface area contributed by atoms with Gasteiger partial charge in [-0.2, -0.15) is 11.8 Å². The molecule has 0 amide bonds. The summed E-state index contributed by atoms with van der Waals surface area (Å²) in [5, 5.41) is 3.28. The first-order valence-corrected chi connectivity index (χ1v) is 7.51. The van der Waals surface area contributed by atoms with Crippen LogP contribution >= 0.6 is 11.8 Å². The Morgan fingerprint density at radius 2 is 2.29 bits per heavy atom. The first-order chi connectivity index (χ1) is 8.29. The molecule has 4 heteroatoms. The Labute approximate surface area is 108 Å². The molecule has 1 aliphatic heterocycles. The lowest BCUT2D eigenvalue weighted by atomic mass is 10.2. The highest BCUT2D eigenvalue weighted by Gasteiger charge is 2.20. The van der Waals surface area contributed by atoms with Gasteiger partial charge >= 0.3 is 0 Å². The van der Waals surface area contributed by atoms with Crippen LogP contribution in [0.5, 0.6) is 0 Å². The molecule has 0 radical (unpaired) electrons. The minimum Gasteiger partial charge on any atom is -0.463 e. The van der Waals surface area contributed by atoms with Crippen molar-refractivity contribution in [1.29, 1.82) is 0 Å². The van der Waals surface area contributed by atoms with Gasteiger partial charge in [0.1, 0.15) is 11.5 Å². The second-order valence-corrected chi connectivity index (χ2v) is 5.73. The summed E-state index contributed by atoms with van der Waals surface area (Å²) in [5.41, 5.74) is 0. The molecule has 1 atom stereocenters. The van der Waals surface area contributed by atoms with Crippen molar-refractivity contribution < 1.29 is 4.42 Å². The van der Waals surface area contributed by atoms with Gasteiger partial charge in [-0.25, -0.2) is 0 Å². The topological polar surface area (TPSA) is 28.4 Å². The van der Waals surface area contributed by atoms with Crippen LogP contribution in [0.3, 0.4) is 0 Å². The average Bonchev–Trinajstić information content (AvgIpc) is 2.97. The van der Waals surface area contributed by atoms with Gasteiger partial charge in [0.05, 0.1) is 13.1 Å². The normalized spacial score (nSPS) is 20.3. The first kappa shape index (κ1) is 13.0. The fourth-order valence-corrected chi connectivity index (χ4v) is 3.39. The molecule has 1 aromatic heterocycles. The van der Waals surface area contributed by atoms with E-state index in [9.17, 15) is 0 Å². The monoisotopic (exact) mass is 254 g/mol. The molecule has 1 saturated heterocycles. The van der Waals surface area contributed by atoms with Crippen LogP contribution in [0.4, 0.5) is 0 Å². The van der Waals surface area contributed by atoms with Gasteiger partial charge in [-0.15, -0.1) is 0 Å². The number of hydrogen-bond acceptors (Lipinski definition) is 4. The van der Waals surface area contributed by atoms with Crippen LogP contribution in [-0.2, 0) is 13.1 Å². The van der Waals surface area contributed by atoms with Crippen molar-refractivity contribution in [3.63, 3.8) is 0 Å². The van der Waals surface area contributed by atoms with Gasteiger partial charge < -0.3 is 9.73 Å². The van der Waals surface area contributed by atoms with Crippen molar-refractivity contribution in [2.24, 2.45) is 0 Å². The Hall–Kier alpha value is -0.450. The van der Waals surface area contributed by atoms with E-state index < -0.39 is 0 Å². The third-order valence-electron chi connectivity index (χ3n) is 3.20. The van der Waals surface area contributed by atoms with E-state index in [0.29, 0.717) is 0 Å². The molecule has 2 rings (SSSR count). The van der Waals surface area contributed by atoms with Crippen molar-refractivity contribution in [2.75, 3.05) is 25.1 Å². The first-order valence-electron chi connectivity index (χ1n) is 6.36. The zero-order chi connectivity index (χ0) is 12.1. The molecule has 1 unspecified atom stereocenters. The Bertz CT molecular complexity index is 334.